The van der Waals surface area contributed by atoms with Gasteiger partial charge in [0.15, 0.2) is 0 Å². The minimum absolute atomic E-state index is 0.000929. The molecule has 0 unspecified atom stereocenters. The van der Waals surface area contributed by atoms with Gasteiger partial charge in [0, 0.05) is 5.56 Å². The number of benzene rings is 1. The van der Waals surface area contributed by atoms with Crippen molar-refractivity contribution in [3.63, 3.8) is 0 Å². The first-order valence-electron chi connectivity index (χ1n) is 8.50. The third-order valence-electron chi connectivity index (χ3n) is 4.46. The van der Waals surface area contributed by atoms with Crippen molar-refractivity contribution in [1.82, 2.24) is 0 Å². The maximum Gasteiger partial charge on any atom is 0.220 e. The molecule has 1 atom stereocenters. The van der Waals surface area contributed by atoms with Gasteiger partial charge < -0.3 is 9.84 Å². The Labute approximate surface area is 140 Å². The van der Waals surface area contributed by atoms with E-state index in [1.165, 1.54) is 5.56 Å². The molecule has 0 fully saturated rings. The van der Waals surface area contributed by atoms with Crippen LogP contribution in [0.3, 0.4) is 0 Å². The van der Waals surface area contributed by atoms with Gasteiger partial charge in [0.25, 0.3) is 0 Å². The summed E-state index contributed by atoms with van der Waals surface area (Å²) < 4.78 is 5.82. The summed E-state index contributed by atoms with van der Waals surface area (Å²) in [5.74, 6) is 1.31. The maximum absolute atomic E-state index is 10.8. The molecular weight excluding hydrogens is 286 g/mol. The highest BCUT2D eigenvalue weighted by atomic mass is 16.5. The molecule has 1 aromatic rings. The first-order chi connectivity index (χ1) is 10.4. The van der Waals surface area contributed by atoms with Crippen LogP contribution < -0.4 is 0 Å². The topological polar surface area (TPSA) is 41.8 Å². The smallest absolute Gasteiger partial charge is 0.220 e. The molecule has 0 spiro atoms. The predicted octanol–water partition coefficient (Wildman–Crippen LogP) is 4.79. The molecule has 0 saturated heterocycles. The van der Waals surface area contributed by atoms with E-state index in [9.17, 15) is 5.11 Å². The molecule has 23 heavy (non-hydrogen) atoms. The molecule has 3 nitrogen and oxygen atoms in total. The second-order valence-electron chi connectivity index (χ2n) is 8.98. The average molecular weight is 317 g/mol. The van der Waals surface area contributed by atoms with Crippen LogP contribution >= 0.6 is 0 Å². The summed E-state index contributed by atoms with van der Waals surface area (Å²) >= 11 is 0. The molecule has 0 amide bonds. The molecule has 128 valence electrons. The fourth-order valence-electron chi connectivity index (χ4n) is 2.68. The number of hydrogen-bond acceptors (Lipinski definition) is 3. The normalized spacial score (nSPS) is 19.0. The fraction of sp³-hybridized carbons (Fsp3) is 0.650. The summed E-state index contributed by atoms with van der Waals surface area (Å²) in [6, 6.07) is 4.32. The van der Waals surface area contributed by atoms with Crippen molar-refractivity contribution in [3.8, 4) is 5.75 Å². The highest BCUT2D eigenvalue weighted by Gasteiger charge is 2.30. The SMILES string of the molecule is CC(C)[C@H]1COC(c2cc(C(C)(C)C)cc(C(C)(C)C)c2O)=N1. The van der Waals surface area contributed by atoms with Crippen molar-refractivity contribution in [1.29, 1.82) is 0 Å². The molecular formula is C20H31NO2. The van der Waals surface area contributed by atoms with Gasteiger partial charge >= 0.3 is 0 Å². The van der Waals surface area contributed by atoms with Gasteiger partial charge in [0.2, 0.25) is 5.90 Å². The maximum atomic E-state index is 10.8. The van der Waals surface area contributed by atoms with E-state index in [0.29, 0.717) is 24.2 Å². The number of phenolic OH excluding ortho intramolecular Hbond substituents is 1. The summed E-state index contributed by atoms with van der Waals surface area (Å²) in [4.78, 5) is 4.70. The Morgan fingerprint density at radius 3 is 2.13 bits per heavy atom. The predicted molar refractivity (Wildman–Crippen MR) is 96.6 cm³/mol. The minimum Gasteiger partial charge on any atom is -0.507 e. The van der Waals surface area contributed by atoms with Gasteiger partial charge in [-0.15, -0.1) is 0 Å². The summed E-state index contributed by atoms with van der Waals surface area (Å²) in [6.45, 7) is 17.8. The van der Waals surface area contributed by atoms with Crippen molar-refractivity contribution in [2.45, 2.75) is 72.3 Å². The Bertz CT molecular complexity index is 616. The molecule has 1 aromatic carbocycles. The summed E-state index contributed by atoms with van der Waals surface area (Å²) in [7, 11) is 0. The molecule has 0 aliphatic carbocycles. The van der Waals surface area contributed by atoms with Crippen LogP contribution in [0.25, 0.3) is 0 Å². The van der Waals surface area contributed by atoms with Crippen LogP contribution in [0.5, 0.6) is 5.75 Å². The first-order valence-corrected chi connectivity index (χ1v) is 8.50. The summed E-state index contributed by atoms with van der Waals surface area (Å²) in [6.07, 6.45) is 0. The van der Waals surface area contributed by atoms with Crippen LogP contribution in [0.1, 0.15) is 72.1 Å². The van der Waals surface area contributed by atoms with Crippen LogP contribution in [0.4, 0.5) is 0 Å². The van der Waals surface area contributed by atoms with E-state index < -0.39 is 0 Å². The molecule has 0 radical (unpaired) electrons. The van der Waals surface area contributed by atoms with Crippen LogP contribution in [0, 0.1) is 5.92 Å². The lowest BCUT2D eigenvalue weighted by molar-refractivity contribution is 0.291. The van der Waals surface area contributed by atoms with Gasteiger partial charge in [-0.2, -0.15) is 0 Å². The third kappa shape index (κ3) is 3.70. The van der Waals surface area contributed by atoms with Crippen molar-refractivity contribution < 1.29 is 9.84 Å². The summed E-state index contributed by atoms with van der Waals surface area (Å²) in [5.41, 5.74) is 2.72. The van der Waals surface area contributed by atoms with Crippen LogP contribution in [0.2, 0.25) is 0 Å². The van der Waals surface area contributed by atoms with E-state index in [1.807, 2.05) is 6.07 Å². The number of rotatable bonds is 2. The van der Waals surface area contributed by atoms with E-state index in [2.05, 4.69) is 61.5 Å². The number of aliphatic imine (C=N–C) groups is 1. The van der Waals surface area contributed by atoms with Crippen LogP contribution in [0.15, 0.2) is 17.1 Å². The second-order valence-corrected chi connectivity index (χ2v) is 8.98. The average Bonchev–Trinajstić information content (AvgIpc) is 2.85. The molecule has 1 aliphatic rings. The molecule has 1 heterocycles. The van der Waals surface area contributed by atoms with Gasteiger partial charge in [0.05, 0.1) is 11.6 Å². The van der Waals surface area contributed by atoms with Gasteiger partial charge in [-0.25, -0.2) is 4.99 Å². The number of phenols is 1. The van der Waals surface area contributed by atoms with Crippen molar-refractivity contribution >= 4 is 5.90 Å². The zero-order chi connectivity index (χ0) is 17.6. The Kier molecular flexibility index (Phi) is 4.53. The Balaban J connectivity index is 2.62. The molecule has 1 N–H and O–H groups in total. The Hall–Kier alpha value is -1.51. The van der Waals surface area contributed by atoms with Crippen molar-refractivity contribution in [2.24, 2.45) is 10.9 Å². The lowest BCUT2D eigenvalue weighted by Gasteiger charge is -2.27. The zero-order valence-electron chi connectivity index (χ0n) is 15.8. The molecule has 0 aromatic heterocycles. The number of aromatic hydroxyl groups is 1. The van der Waals surface area contributed by atoms with E-state index in [4.69, 9.17) is 9.73 Å². The molecule has 0 saturated carbocycles. The number of ether oxygens (including phenoxy) is 1. The van der Waals surface area contributed by atoms with E-state index in [0.717, 1.165) is 11.1 Å². The molecule has 1 aliphatic heterocycles. The number of nitrogens with zero attached hydrogens (tertiary/aromatic N) is 1. The van der Waals surface area contributed by atoms with Crippen LogP contribution in [-0.4, -0.2) is 23.7 Å². The second kappa shape index (κ2) is 5.85. The molecule has 2 rings (SSSR count). The van der Waals surface area contributed by atoms with Crippen LogP contribution in [-0.2, 0) is 15.6 Å². The van der Waals surface area contributed by atoms with Gasteiger partial charge in [-0.05, 0) is 28.4 Å². The fourth-order valence-corrected chi connectivity index (χ4v) is 2.68. The van der Waals surface area contributed by atoms with Crippen molar-refractivity contribution in [2.75, 3.05) is 6.61 Å². The highest BCUT2D eigenvalue weighted by Crippen LogP contribution is 2.38. The van der Waals surface area contributed by atoms with E-state index in [-0.39, 0.29) is 16.9 Å². The quantitative estimate of drug-likeness (QED) is 0.852. The van der Waals surface area contributed by atoms with Gasteiger partial charge in [-0.3, -0.25) is 0 Å². The largest absolute Gasteiger partial charge is 0.507 e. The number of hydrogen-bond donors (Lipinski definition) is 1. The standard InChI is InChI=1S/C20H31NO2/c1-12(2)16-11-23-18(21-16)14-9-13(19(3,4)5)10-15(17(14)22)20(6,7)8/h9-10,12,16,22H,11H2,1-8H3/t16-/m1/s1. The molecule has 0 bridgehead atoms. The monoisotopic (exact) mass is 317 g/mol. The Morgan fingerprint density at radius 1 is 1.09 bits per heavy atom. The minimum atomic E-state index is -0.142. The van der Waals surface area contributed by atoms with E-state index in [1.54, 1.807) is 0 Å². The first kappa shape index (κ1) is 17.8. The van der Waals surface area contributed by atoms with Gasteiger partial charge in [0.1, 0.15) is 12.4 Å². The third-order valence-corrected chi connectivity index (χ3v) is 4.46. The lowest BCUT2D eigenvalue weighted by Crippen LogP contribution is -2.18. The van der Waals surface area contributed by atoms with Crippen molar-refractivity contribution in [3.05, 3.63) is 28.8 Å². The highest BCUT2D eigenvalue weighted by molar-refractivity contribution is 5.98. The van der Waals surface area contributed by atoms with E-state index >= 15 is 0 Å². The molecule has 3 heteroatoms. The van der Waals surface area contributed by atoms with Gasteiger partial charge in [-0.1, -0.05) is 61.5 Å². The zero-order valence-corrected chi connectivity index (χ0v) is 15.8. The summed E-state index contributed by atoms with van der Waals surface area (Å²) in [5, 5.41) is 10.8. The lowest BCUT2D eigenvalue weighted by atomic mass is 9.79. The Morgan fingerprint density at radius 2 is 1.70 bits per heavy atom.